The summed E-state index contributed by atoms with van der Waals surface area (Å²) in [6, 6.07) is 9.19. The number of rotatable bonds is 2. The predicted octanol–water partition coefficient (Wildman–Crippen LogP) is 3.68. The molecule has 0 spiro atoms. The predicted molar refractivity (Wildman–Crippen MR) is 87.0 cm³/mol. The first kappa shape index (κ1) is 15.3. The molecule has 0 aromatic heterocycles. The highest BCUT2D eigenvalue weighted by Crippen LogP contribution is 2.43. The van der Waals surface area contributed by atoms with Gasteiger partial charge in [0.2, 0.25) is 0 Å². The van der Waals surface area contributed by atoms with Gasteiger partial charge in [0.05, 0.1) is 0 Å². The fraction of sp³-hybridized carbons (Fsp3) is 0.611. The topological polar surface area (TPSA) is 32.8 Å². The standard InChI is InChI=1S/C18H26N2O2/c1-19(2)18(21)22-15-8-4-7-14(12-15)17-11-10-13-6-5-9-16(13)20(17)3/h4,7-8,12-13,16-17H,5-6,9-11H2,1-3H3. The van der Waals surface area contributed by atoms with Gasteiger partial charge in [-0.3, -0.25) is 4.90 Å². The molecule has 3 atom stereocenters. The molecular weight excluding hydrogens is 276 g/mol. The third kappa shape index (κ3) is 2.98. The summed E-state index contributed by atoms with van der Waals surface area (Å²) >= 11 is 0. The third-order valence-corrected chi connectivity index (χ3v) is 5.26. The molecule has 0 N–H and O–H groups in total. The van der Waals surface area contributed by atoms with Crippen LogP contribution in [0, 0.1) is 5.92 Å². The average Bonchev–Trinajstić information content (AvgIpc) is 2.97. The minimum atomic E-state index is -0.329. The highest BCUT2D eigenvalue weighted by atomic mass is 16.6. The monoisotopic (exact) mass is 302 g/mol. The number of ether oxygens (including phenoxy) is 1. The maximum Gasteiger partial charge on any atom is 0.414 e. The highest BCUT2D eigenvalue weighted by molar-refractivity contribution is 5.70. The second-order valence-electron chi connectivity index (χ2n) is 6.85. The van der Waals surface area contributed by atoms with E-state index in [4.69, 9.17) is 4.74 Å². The smallest absolute Gasteiger partial charge is 0.410 e. The summed E-state index contributed by atoms with van der Waals surface area (Å²) in [5, 5.41) is 0. The maximum atomic E-state index is 11.7. The minimum absolute atomic E-state index is 0.329. The zero-order valence-corrected chi connectivity index (χ0v) is 13.8. The molecule has 1 saturated heterocycles. The van der Waals surface area contributed by atoms with Crippen LogP contribution in [0.1, 0.15) is 43.7 Å². The van der Waals surface area contributed by atoms with Crippen molar-refractivity contribution < 1.29 is 9.53 Å². The molecule has 1 amide bonds. The van der Waals surface area contributed by atoms with Gasteiger partial charge in [0.25, 0.3) is 0 Å². The molecule has 3 rings (SSSR count). The van der Waals surface area contributed by atoms with Crippen molar-refractivity contribution in [3.8, 4) is 5.75 Å². The van der Waals surface area contributed by atoms with Crippen molar-refractivity contribution in [1.82, 2.24) is 9.80 Å². The first-order valence-corrected chi connectivity index (χ1v) is 8.27. The Labute approximate surface area is 133 Å². The van der Waals surface area contributed by atoms with Crippen molar-refractivity contribution in [2.24, 2.45) is 5.92 Å². The van der Waals surface area contributed by atoms with E-state index >= 15 is 0 Å². The molecule has 3 unspecified atom stereocenters. The summed E-state index contributed by atoms with van der Waals surface area (Å²) in [6.07, 6.45) is 6.27. The molecule has 4 nitrogen and oxygen atoms in total. The first-order chi connectivity index (χ1) is 10.6. The lowest BCUT2D eigenvalue weighted by Crippen LogP contribution is -2.41. The lowest BCUT2D eigenvalue weighted by atomic mass is 9.85. The van der Waals surface area contributed by atoms with Crippen LogP contribution in [0.4, 0.5) is 4.79 Å². The van der Waals surface area contributed by atoms with Gasteiger partial charge in [0.15, 0.2) is 0 Å². The Morgan fingerprint density at radius 1 is 1.23 bits per heavy atom. The first-order valence-electron chi connectivity index (χ1n) is 8.27. The fourth-order valence-electron chi connectivity index (χ4n) is 4.08. The van der Waals surface area contributed by atoms with E-state index in [1.54, 1.807) is 14.1 Å². The summed E-state index contributed by atoms with van der Waals surface area (Å²) < 4.78 is 5.40. The Balaban J connectivity index is 1.75. The van der Waals surface area contributed by atoms with Crippen molar-refractivity contribution >= 4 is 6.09 Å². The van der Waals surface area contributed by atoms with Gasteiger partial charge in [0.1, 0.15) is 5.75 Å². The number of fused-ring (bicyclic) bond motifs is 1. The van der Waals surface area contributed by atoms with Gasteiger partial charge >= 0.3 is 6.09 Å². The number of carbonyl (C=O) groups is 1. The van der Waals surface area contributed by atoms with E-state index in [1.165, 1.54) is 42.6 Å². The molecule has 1 aromatic carbocycles. The molecule has 1 aromatic rings. The molecule has 2 fully saturated rings. The second kappa shape index (κ2) is 6.29. The zero-order chi connectivity index (χ0) is 15.7. The normalized spacial score (nSPS) is 28.2. The van der Waals surface area contributed by atoms with Crippen molar-refractivity contribution in [2.75, 3.05) is 21.1 Å². The summed E-state index contributed by atoms with van der Waals surface area (Å²) in [7, 11) is 5.65. The Hall–Kier alpha value is -1.55. The lowest BCUT2D eigenvalue weighted by molar-refractivity contribution is 0.0822. The molecule has 1 aliphatic carbocycles. The number of hydrogen-bond acceptors (Lipinski definition) is 3. The average molecular weight is 302 g/mol. The summed E-state index contributed by atoms with van der Waals surface area (Å²) in [6.45, 7) is 0. The van der Waals surface area contributed by atoms with Gasteiger partial charge in [-0.25, -0.2) is 4.79 Å². The number of nitrogens with zero attached hydrogens (tertiary/aromatic N) is 2. The van der Waals surface area contributed by atoms with Crippen molar-refractivity contribution in [2.45, 2.75) is 44.2 Å². The van der Waals surface area contributed by atoms with Gasteiger partial charge in [0, 0.05) is 26.2 Å². The molecule has 0 bridgehead atoms. The summed E-state index contributed by atoms with van der Waals surface area (Å²) in [5.74, 6) is 1.52. The quantitative estimate of drug-likeness (QED) is 0.835. The maximum absolute atomic E-state index is 11.7. The van der Waals surface area contributed by atoms with Crippen molar-refractivity contribution in [3.63, 3.8) is 0 Å². The summed E-state index contributed by atoms with van der Waals surface area (Å²) in [4.78, 5) is 15.7. The second-order valence-corrected chi connectivity index (χ2v) is 6.85. The molecule has 1 aliphatic heterocycles. The van der Waals surface area contributed by atoms with Crippen LogP contribution in [0.3, 0.4) is 0 Å². The van der Waals surface area contributed by atoms with Crippen LogP contribution < -0.4 is 4.74 Å². The van der Waals surface area contributed by atoms with Crippen LogP contribution >= 0.6 is 0 Å². The Bertz CT molecular complexity index is 544. The SMILES string of the molecule is CN(C)C(=O)Oc1cccc(C2CCC3CCCC3N2C)c1. The van der Waals surface area contributed by atoms with E-state index in [0.29, 0.717) is 11.8 Å². The van der Waals surface area contributed by atoms with E-state index in [9.17, 15) is 4.79 Å². The van der Waals surface area contributed by atoms with Gasteiger partial charge in [-0.15, -0.1) is 0 Å². The highest BCUT2D eigenvalue weighted by Gasteiger charge is 2.38. The van der Waals surface area contributed by atoms with E-state index in [0.717, 1.165) is 12.0 Å². The van der Waals surface area contributed by atoms with Crippen LogP contribution in [-0.4, -0.2) is 43.1 Å². The largest absolute Gasteiger partial charge is 0.414 e. The number of hydrogen-bond donors (Lipinski definition) is 0. The van der Waals surface area contributed by atoms with E-state index in [-0.39, 0.29) is 6.09 Å². The van der Waals surface area contributed by atoms with Gasteiger partial charge in [-0.05, 0) is 56.3 Å². The molecular formula is C18H26N2O2. The number of likely N-dealkylation sites (tertiary alicyclic amines) is 1. The fourth-order valence-corrected chi connectivity index (χ4v) is 4.08. The van der Waals surface area contributed by atoms with Gasteiger partial charge in [-0.1, -0.05) is 18.6 Å². The van der Waals surface area contributed by atoms with Crippen LogP contribution in [-0.2, 0) is 0 Å². The third-order valence-electron chi connectivity index (χ3n) is 5.26. The molecule has 120 valence electrons. The van der Waals surface area contributed by atoms with Crippen molar-refractivity contribution in [1.29, 1.82) is 0 Å². The van der Waals surface area contributed by atoms with Crippen LogP contribution in [0.15, 0.2) is 24.3 Å². The molecule has 22 heavy (non-hydrogen) atoms. The Kier molecular flexibility index (Phi) is 4.39. The molecule has 0 radical (unpaired) electrons. The number of carbonyl (C=O) groups excluding carboxylic acids is 1. The van der Waals surface area contributed by atoms with E-state index in [2.05, 4.69) is 18.0 Å². The minimum Gasteiger partial charge on any atom is -0.410 e. The van der Waals surface area contributed by atoms with Crippen LogP contribution in [0.5, 0.6) is 5.75 Å². The molecule has 2 aliphatic rings. The number of benzene rings is 1. The summed E-state index contributed by atoms with van der Waals surface area (Å²) in [5.41, 5.74) is 1.26. The van der Waals surface area contributed by atoms with Gasteiger partial charge < -0.3 is 9.64 Å². The van der Waals surface area contributed by atoms with Crippen LogP contribution in [0.25, 0.3) is 0 Å². The number of piperidine rings is 1. The molecule has 4 heteroatoms. The van der Waals surface area contributed by atoms with Crippen molar-refractivity contribution in [3.05, 3.63) is 29.8 Å². The lowest BCUT2D eigenvalue weighted by Gasteiger charge is -2.42. The Morgan fingerprint density at radius 2 is 2.05 bits per heavy atom. The molecule has 1 heterocycles. The van der Waals surface area contributed by atoms with Crippen LogP contribution in [0.2, 0.25) is 0 Å². The Morgan fingerprint density at radius 3 is 2.82 bits per heavy atom. The molecule has 1 saturated carbocycles. The van der Waals surface area contributed by atoms with Gasteiger partial charge in [-0.2, -0.15) is 0 Å². The van der Waals surface area contributed by atoms with E-state index < -0.39 is 0 Å². The zero-order valence-electron chi connectivity index (χ0n) is 13.8. The number of amides is 1. The van der Waals surface area contributed by atoms with E-state index in [1.807, 2.05) is 18.2 Å².